The first-order valence-electron chi connectivity index (χ1n) is 5.10. The molecule has 0 aliphatic carbocycles. The van der Waals surface area contributed by atoms with Crippen molar-refractivity contribution in [3.05, 3.63) is 35.9 Å². The second-order valence-electron chi connectivity index (χ2n) is 3.63. The van der Waals surface area contributed by atoms with Crippen LogP contribution in [-0.2, 0) is 14.6 Å². The van der Waals surface area contributed by atoms with E-state index >= 15 is 0 Å². The summed E-state index contributed by atoms with van der Waals surface area (Å²) in [4.78, 5) is 11.2. The zero-order chi connectivity index (χ0) is 13.1. The molecule has 0 saturated carbocycles. The predicted molar refractivity (Wildman–Crippen MR) is 65.5 cm³/mol. The number of rotatable bonds is 4. The second kappa shape index (κ2) is 5.14. The third-order valence-corrected chi connectivity index (χ3v) is 3.36. The van der Waals surface area contributed by atoms with Crippen LogP contribution in [0.1, 0.15) is 18.9 Å². The molecule has 0 atom stereocenters. The van der Waals surface area contributed by atoms with Gasteiger partial charge in [0.15, 0.2) is 9.84 Å². The molecule has 0 amide bonds. The van der Waals surface area contributed by atoms with Crippen molar-refractivity contribution in [1.29, 1.82) is 0 Å². The molecule has 1 rings (SSSR count). The summed E-state index contributed by atoms with van der Waals surface area (Å²) in [5.74, 6) is -1.01. The summed E-state index contributed by atoms with van der Waals surface area (Å²) < 4.78 is 22.5. The maximum atomic E-state index is 11.2. The quantitative estimate of drug-likeness (QED) is 0.834. The fourth-order valence-corrected chi connectivity index (χ4v) is 2.04. The SMILES string of the molecule is CCC=C(C(=O)O)c1ccc(S(C)(=O)=O)cc1. The molecule has 1 aromatic rings. The molecule has 0 heterocycles. The number of aliphatic carboxylic acids is 1. The van der Waals surface area contributed by atoms with Gasteiger partial charge in [-0.25, -0.2) is 13.2 Å². The lowest BCUT2D eigenvalue weighted by molar-refractivity contribution is -0.130. The lowest BCUT2D eigenvalue weighted by Gasteiger charge is -2.04. The highest BCUT2D eigenvalue weighted by atomic mass is 32.2. The molecular formula is C12H14O4S. The largest absolute Gasteiger partial charge is 0.478 e. The number of benzene rings is 1. The van der Waals surface area contributed by atoms with Crippen LogP contribution in [0.2, 0.25) is 0 Å². The number of allylic oxidation sites excluding steroid dienone is 1. The molecule has 0 unspecified atom stereocenters. The Bertz CT molecular complexity index is 538. The minimum absolute atomic E-state index is 0.183. The zero-order valence-electron chi connectivity index (χ0n) is 9.67. The van der Waals surface area contributed by atoms with Gasteiger partial charge in [-0.1, -0.05) is 25.1 Å². The van der Waals surface area contributed by atoms with E-state index in [2.05, 4.69) is 0 Å². The number of sulfone groups is 1. The van der Waals surface area contributed by atoms with Gasteiger partial charge in [-0.2, -0.15) is 0 Å². The van der Waals surface area contributed by atoms with Gasteiger partial charge >= 0.3 is 5.97 Å². The molecule has 0 aliphatic rings. The minimum Gasteiger partial charge on any atom is -0.478 e. The third kappa shape index (κ3) is 3.42. The van der Waals surface area contributed by atoms with Crippen molar-refractivity contribution in [2.24, 2.45) is 0 Å². The summed E-state index contributed by atoms with van der Waals surface area (Å²) in [6.45, 7) is 1.84. The molecule has 0 saturated heterocycles. The molecule has 0 aliphatic heterocycles. The first-order chi connectivity index (χ1) is 7.86. The van der Waals surface area contributed by atoms with E-state index in [0.717, 1.165) is 6.26 Å². The maximum absolute atomic E-state index is 11.2. The van der Waals surface area contributed by atoms with Gasteiger partial charge in [0, 0.05) is 6.26 Å². The van der Waals surface area contributed by atoms with Crippen LogP contribution in [0.3, 0.4) is 0 Å². The average molecular weight is 254 g/mol. The van der Waals surface area contributed by atoms with Gasteiger partial charge in [-0.15, -0.1) is 0 Å². The van der Waals surface area contributed by atoms with Crippen molar-refractivity contribution < 1.29 is 18.3 Å². The van der Waals surface area contributed by atoms with Gasteiger partial charge in [0.1, 0.15) is 0 Å². The fraction of sp³-hybridized carbons (Fsp3) is 0.250. The highest BCUT2D eigenvalue weighted by molar-refractivity contribution is 7.90. The molecule has 1 N–H and O–H groups in total. The Balaban J connectivity index is 3.18. The summed E-state index contributed by atoms with van der Waals surface area (Å²) in [5, 5.41) is 9.00. The van der Waals surface area contributed by atoms with Crippen LogP contribution in [0.5, 0.6) is 0 Å². The van der Waals surface area contributed by atoms with E-state index in [4.69, 9.17) is 5.11 Å². The van der Waals surface area contributed by atoms with Crippen LogP contribution in [-0.4, -0.2) is 25.7 Å². The van der Waals surface area contributed by atoms with E-state index in [9.17, 15) is 13.2 Å². The van der Waals surface area contributed by atoms with E-state index in [1.807, 2.05) is 6.92 Å². The van der Waals surface area contributed by atoms with Crippen molar-refractivity contribution >= 4 is 21.4 Å². The highest BCUT2D eigenvalue weighted by Gasteiger charge is 2.11. The molecule has 17 heavy (non-hydrogen) atoms. The van der Waals surface area contributed by atoms with Crippen molar-refractivity contribution in [2.45, 2.75) is 18.2 Å². The molecule has 0 radical (unpaired) electrons. The Kier molecular flexibility index (Phi) is 4.07. The van der Waals surface area contributed by atoms with Crippen LogP contribution >= 0.6 is 0 Å². The van der Waals surface area contributed by atoms with Gasteiger partial charge in [-0.05, 0) is 24.1 Å². The van der Waals surface area contributed by atoms with Gasteiger partial charge in [0.2, 0.25) is 0 Å². The van der Waals surface area contributed by atoms with Crippen LogP contribution < -0.4 is 0 Å². The topological polar surface area (TPSA) is 71.4 Å². The summed E-state index contributed by atoms with van der Waals surface area (Å²) >= 11 is 0. The first-order valence-corrected chi connectivity index (χ1v) is 6.99. The second-order valence-corrected chi connectivity index (χ2v) is 5.64. The van der Waals surface area contributed by atoms with Gasteiger partial charge < -0.3 is 5.11 Å². The van der Waals surface area contributed by atoms with Crippen molar-refractivity contribution in [3.63, 3.8) is 0 Å². The Morgan fingerprint density at radius 1 is 1.29 bits per heavy atom. The van der Waals surface area contributed by atoms with Crippen LogP contribution in [0.15, 0.2) is 35.2 Å². The smallest absolute Gasteiger partial charge is 0.335 e. The zero-order valence-corrected chi connectivity index (χ0v) is 10.5. The predicted octanol–water partition coefficient (Wildman–Crippen LogP) is 1.97. The molecule has 0 fully saturated rings. The minimum atomic E-state index is -3.24. The van der Waals surface area contributed by atoms with E-state index in [1.165, 1.54) is 24.3 Å². The monoisotopic (exact) mass is 254 g/mol. The molecule has 5 heteroatoms. The van der Waals surface area contributed by atoms with Crippen LogP contribution in [0.4, 0.5) is 0 Å². The summed E-state index contributed by atoms with van der Waals surface area (Å²) in [6, 6.07) is 5.84. The normalized spacial score (nSPS) is 12.5. The highest BCUT2D eigenvalue weighted by Crippen LogP contribution is 2.18. The Morgan fingerprint density at radius 3 is 2.18 bits per heavy atom. The molecule has 0 aromatic heterocycles. The maximum Gasteiger partial charge on any atom is 0.335 e. The number of carboxylic acids is 1. The van der Waals surface area contributed by atoms with E-state index in [0.29, 0.717) is 12.0 Å². The average Bonchev–Trinajstić information content (AvgIpc) is 2.24. The fourth-order valence-electron chi connectivity index (χ4n) is 1.41. The number of carbonyl (C=O) groups is 1. The Morgan fingerprint density at radius 2 is 1.82 bits per heavy atom. The van der Waals surface area contributed by atoms with E-state index in [-0.39, 0.29) is 10.5 Å². The summed E-state index contributed by atoms with van der Waals surface area (Å²) in [6.07, 6.45) is 3.31. The van der Waals surface area contributed by atoms with Crippen molar-refractivity contribution in [1.82, 2.24) is 0 Å². The summed E-state index contributed by atoms with van der Waals surface area (Å²) in [5.41, 5.74) is 0.694. The van der Waals surface area contributed by atoms with Crippen LogP contribution in [0.25, 0.3) is 5.57 Å². The third-order valence-electron chi connectivity index (χ3n) is 2.23. The standard InChI is InChI=1S/C12H14O4S/c1-3-4-11(12(13)14)9-5-7-10(8-6-9)17(2,15)16/h4-8H,3H2,1-2H3,(H,13,14). The lowest BCUT2D eigenvalue weighted by Crippen LogP contribution is -2.01. The number of hydrogen-bond acceptors (Lipinski definition) is 3. The molecule has 0 bridgehead atoms. The molecule has 0 spiro atoms. The summed E-state index contributed by atoms with van der Waals surface area (Å²) in [7, 11) is -3.24. The van der Waals surface area contributed by atoms with Crippen molar-refractivity contribution in [2.75, 3.05) is 6.26 Å². The molecule has 92 valence electrons. The number of carboxylic acid groups (broad SMARTS) is 1. The molecule has 1 aromatic carbocycles. The molecular weight excluding hydrogens is 240 g/mol. The van der Waals surface area contributed by atoms with Gasteiger partial charge in [0.25, 0.3) is 0 Å². The van der Waals surface area contributed by atoms with E-state index < -0.39 is 15.8 Å². The van der Waals surface area contributed by atoms with Crippen LogP contribution in [0, 0.1) is 0 Å². The number of hydrogen-bond donors (Lipinski definition) is 1. The Labute approximate surface area is 101 Å². The molecule has 4 nitrogen and oxygen atoms in total. The first kappa shape index (κ1) is 13.4. The van der Waals surface area contributed by atoms with Gasteiger partial charge in [0.05, 0.1) is 10.5 Å². The van der Waals surface area contributed by atoms with Gasteiger partial charge in [-0.3, -0.25) is 0 Å². The Hall–Kier alpha value is -1.62. The van der Waals surface area contributed by atoms with E-state index in [1.54, 1.807) is 6.08 Å². The lowest BCUT2D eigenvalue weighted by atomic mass is 10.1. The van der Waals surface area contributed by atoms with Crippen molar-refractivity contribution in [3.8, 4) is 0 Å².